The summed E-state index contributed by atoms with van der Waals surface area (Å²) in [5, 5.41) is 0. The van der Waals surface area contributed by atoms with Crippen molar-refractivity contribution in [1.29, 1.82) is 0 Å². The number of para-hydroxylation sites is 1. The zero-order valence-corrected chi connectivity index (χ0v) is 27.7. The van der Waals surface area contributed by atoms with Crippen LogP contribution < -0.4 is 29.1 Å². The molecule has 0 radical (unpaired) electrons. The van der Waals surface area contributed by atoms with Gasteiger partial charge < -0.3 is 19.1 Å². The lowest BCUT2D eigenvalue weighted by molar-refractivity contribution is -0.127. The van der Waals surface area contributed by atoms with E-state index in [2.05, 4.69) is 15.9 Å². The molecule has 4 aromatic rings. The van der Waals surface area contributed by atoms with Crippen LogP contribution in [0.15, 0.2) is 92.3 Å². The van der Waals surface area contributed by atoms with Gasteiger partial charge in [-0.2, -0.15) is 0 Å². The van der Waals surface area contributed by atoms with Crippen LogP contribution in [0.1, 0.15) is 43.5 Å². The van der Waals surface area contributed by atoms with Crippen molar-refractivity contribution in [2.24, 2.45) is 4.99 Å². The second-order valence-electron chi connectivity index (χ2n) is 10.1. The number of benzene rings is 3. The molecule has 0 bridgehead atoms. The van der Waals surface area contributed by atoms with Crippen molar-refractivity contribution >= 4 is 39.2 Å². The summed E-state index contributed by atoms with van der Waals surface area (Å²) >= 11 is 4.74. The number of fused-ring (bicyclic) bond motifs is 1. The number of hydrogen-bond acceptors (Lipinski definition) is 7. The Bertz CT molecular complexity index is 1890. The van der Waals surface area contributed by atoms with Gasteiger partial charge in [0.2, 0.25) is 0 Å². The lowest BCUT2D eigenvalue weighted by Crippen LogP contribution is -2.43. The van der Waals surface area contributed by atoms with Gasteiger partial charge >= 0.3 is 0 Å². The Kier molecular flexibility index (Phi) is 9.71. The summed E-state index contributed by atoms with van der Waals surface area (Å²) in [4.78, 5) is 35.3. The molecule has 8 nitrogen and oxygen atoms in total. The Morgan fingerprint density at radius 3 is 2.43 bits per heavy atom. The van der Waals surface area contributed by atoms with Gasteiger partial charge in [0.15, 0.2) is 4.80 Å². The Balaban J connectivity index is 1.66. The summed E-state index contributed by atoms with van der Waals surface area (Å²) in [6, 6.07) is 20.2. The van der Waals surface area contributed by atoms with Crippen molar-refractivity contribution < 1.29 is 19.0 Å². The number of carbonyl (C=O) groups excluding carboxylic acids is 1. The van der Waals surface area contributed by atoms with Crippen molar-refractivity contribution in [2.75, 3.05) is 27.3 Å². The fourth-order valence-electron chi connectivity index (χ4n) is 5.24. The molecule has 3 aromatic carbocycles. The lowest BCUT2D eigenvalue weighted by Gasteiger charge is -2.30. The van der Waals surface area contributed by atoms with E-state index in [4.69, 9.17) is 19.2 Å². The Labute approximate surface area is 268 Å². The minimum Gasteiger partial charge on any atom is -0.497 e. The van der Waals surface area contributed by atoms with Gasteiger partial charge in [0.25, 0.3) is 11.5 Å². The predicted molar refractivity (Wildman–Crippen MR) is 176 cm³/mol. The average molecular weight is 677 g/mol. The van der Waals surface area contributed by atoms with Crippen molar-refractivity contribution in [3.63, 3.8) is 0 Å². The van der Waals surface area contributed by atoms with E-state index in [1.807, 2.05) is 81.4 Å². The van der Waals surface area contributed by atoms with Crippen molar-refractivity contribution in [1.82, 2.24) is 9.47 Å². The number of rotatable bonds is 10. The van der Waals surface area contributed by atoms with E-state index in [9.17, 15) is 9.59 Å². The topological polar surface area (TPSA) is 82.4 Å². The molecule has 0 fully saturated rings. The molecule has 0 unspecified atom stereocenters. The van der Waals surface area contributed by atoms with E-state index in [0.717, 1.165) is 15.6 Å². The van der Waals surface area contributed by atoms with Crippen LogP contribution in [-0.4, -0.2) is 42.7 Å². The smallest absolute Gasteiger partial charge is 0.271 e. The second kappa shape index (κ2) is 13.7. The van der Waals surface area contributed by atoms with Gasteiger partial charge in [-0.3, -0.25) is 14.2 Å². The molecule has 10 heteroatoms. The fourth-order valence-corrected chi connectivity index (χ4v) is 6.54. The van der Waals surface area contributed by atoms with Gasteiger partial charge in [-0.25, -0.2) is 4.99 Å². The molecule has 1 aliphatic rings. The van der Waals surface area contributed by atoms with E-state index < -0.39 is 6.04 Å². The normalized spacial score (nSPS) is 14.6. The zero-order valence-electron chi connectivity index (χ0n) is 25.3. The number of hydrogen-bond donors (Lipinski definition) is 0. The van der Waals surface area contributed by atoms with Gasteiger partial charge in [0.1, 0.15) is 29.9 Å². The molecule has 0 saturated carbocycles. The van der Waals surface area contributed by atoms with Crippen LogP contribution >= 0.6 is 27.3 Å². The molecule has 0 saturated heterocycles. The molecule has 44 heavy (non-hydrogen) atoms. The SMILES string of the molecule is CCN(CC)C(=O)C1=C(C)N=c2s/c(=C/c3ccccc3OCc3ccc(Br)cc3)c(=O)n2[C@H]1c1cc(OC)ccc1OC. The second-order valence-corrected chi connectivity index (χ2v) is 12.0. The lowest BCUT2D eigenvalue weighted by atomic mass is 9.93. The monoisotopic (exact) mass is 675 g/mol. The van der Waals surface area contributed by atoms with Gasteiger partial charge in [-0.15, -0.1) is 0 Å². The standard InChI is InChI=1S/C34H34BrN3O5S/c1-6-37(7-2)33(40)30-21(3)36-34-38(31(30)26-19-25(41-4)16-17-28(26)42-5)32(39)29(44-34)18-23-10-8-9-11-27(23)43-20-22-12-14-24(35)15-13-22/h8-19,31H,6-7,20H2,1-5H3/b29-18+/t31-/m0/s1. The molecule has 0 N–H and O–H groups in total. The molecule has 1 amide bonds. The maximum absolute atomic E-state index is 14.3. The van der Waals surface area contributed by atoms with E-state index in [-0.39, 0.29) is 11.5 Å². The number of thiazole rings is 1. The first-order valence-corrected chi connectivity index (χ1v) is 15.9. The van der Waals surface area contributed by atoms with E-state index in [1.54, 1.807) is 35.8 Å². The number of likely N-dealkylation sites (N-methyl/N-ethyl adjacent to an activating group) is 1. The van der Waals surface area contributed by atoms with Crippen LogP contribution in [0.25, 0.3) is 6.08 Å². The van der Waals surface area contributed by atoms with Crippen LogP contribution in [-0.2, 0) is 11.4 Å². The summed E-state index contributed by atoms with van der Waals surface area (Å²) in [7, 11) is 3.15. The molecule has 1 atom stereocenters. The maximum Gasteiger partial charge on any atom is 0.271 e. The minimum absolute atomic E-state index is 0.174. The minimum atomic E-state index is -0.768. The third-order valence-corrected chi connectivity index (χ3v) is 9.06. The fraction of sp³-hybridized carbons (Fsp3) is 0.265. The zero-order chi connectivity index (χ0) is 31.4. The van der Waals surface area contributed by atoms with Crippen LogP contribution in [0.3, 0.4) is 0 Å². The highest BCUT2D eigenvalue weighted by atomic mass is 79.9. The Morgan fingerprint density at radius 2 is 1.75 bits per heavy atom. The van der Waals surface area contributed by atoms with Crippen LogP contribution in [0.2, 0.25) is 0 Å². The largest absolute Gasteiger partial charge is 0.497 e. The summed E-state index contributed by atoms with van der Waals surface area (Å²) < 4.78 is 20.5. The van der Waals surface area contributed by atoms with Gasteiger partial charge in [-0.1, -0.05) is 57.6 Å². The summed E-state index contributed by atoms with van der Waals surface area (Å²) in [6.45, 7) is 7.11. The van der Waals surface area contributed by atoms with Crippen molar-refractivity contribution in [2.45, 2.75) is 33.4 Å². The third kappa shape index (κ3) is 6.23. The highest BCUT2D eigenvalue weighted by Crippen LogP contribution is 2.38. The predicted octanol–water partition coefficient (Wildman–Crippen LogP) is 5.46. The molecule has 1 aliphatic heterocycles. The van der Waals surface area contributed by atoms with E-state index >= 15 is 0 Å². The highest BCUT2D eigenvalue weighted by Gasteiger charge is 2.36. The quantitative estimate of drug-likeness (QED) is 0.223. The number of aromatic nitrogens is 1. The highest BCUT2D eigenvalue weighted by molar-refractivity contribution is 9.10. The first-order chi connectivity index (χ1) is 21.3. The molecule has 228 valence electrons. The van der Waals surface area contributed by atoms with Crippen LogP contribution in [0, 0.1) is 0 Å². The number of carbonyl (C=O) groups is 1. The third-order valence-electron chi connectivity index (χ3n) is 7.55. The number of amides is 1. The molecule has 5 rings (SSSR count). The molecule has 2 heterocycles. The number of allylic oxidation sites excluding steroid dienone is 1. The van der Waals surface area contributed by atoms with Gasteiger partial charge in [-0.05, 0) is 68.8 Å². The average Bonchev–Trinajstić information content (AvgIpc) is 3.34. The van der Waals surface area contributed by atoms with Crippen molar-refractivity contribution in [3.8, 4) is 17.2 Å². The maximum atomic E-state index is 14.3. The van der Waals surface area contributed by atoms with Crippen LogP contribution in [0.4, 0.5) is 0 Å². The Hall–Kier alpha value is -4.15. The molecule has 0 aliphatic carbocycles. The number of methoxy groups -OCH3 is 2. The van der Waals surface area contributed by atoms with Gasteiger partial charge in [0.05, 0.1) is 30.0 Å². The number of ether oxygens (including phenoxy) is 3. The molecular weight excluding hydrogens is 642 g/mol. The molecule has 0 spiro atoms. The number of halogens is 1. The summed E-state index contributed by atoms with van der Waals surface area (Å²) in [5.41, 5.74) is 3.16. The Morgan fingerprint density at radius 1 is 1.02 bits per heavy atom. The first-order valence-electron chi connectivity index (χ1n) is 14.3. The van der Waals surface area contributed by atoms with E-state index in [0.29, 0.717) is 63.1 Å². The number of nitrogens with zero attached hydrogens (tertiary/aromatic N) is 3. The van der Waals surface area contributed by atoms with Crippen molar-refractivity contribution in [3.05, 3.63) is 119 Å². The molecule has 1 aromatic heterocycles. The first kappa shape index (κ1) is 31.3. The van der Waals surface area contributed by atoms with Crippen LogP contribution in [0.5, 0.6) is 17.2 Å². The summed E-state index contributed by atoms with van der Waals surface area (Å²) in [6.07, 6.45) is 1.83. The molecular formula is C34H34BrN3O5S. The van der Waals surface area contributed by atoms with Gasteiger partial charge in [0, 0.05) is 28.7 Å². The summed E-state index contributed by atoms with van der Waals surface area (Å²) in [5.74, 6) is 1.61. The van der Waals surface area contributed by atoms with E-state index in [1.165, 1.54) is 11.3 Å².